The largest absolute Gasteiger partial charge is 0.302 e. The van der Waals surface area contributed by atoms with Crippen LogP contribution in [0.5, 0.6) is 0 Å². The zero-order valence-corrected chi connectivity index (χ0v) is 10.9. The van der Waals surface area contributed by atoms with Gasteiger partial charge in [-0.3, -0.25) is 4.98 Å². The first kappa shape index (κ1) is 13.6. The monoisotopic (exact) mass is 262 g/mol. The van der Waals surface area contributed by atoms with Crippen molar-refractivity contribution in [2.45, 2.75) is 25.9 Å². The van der Waals surface area contributed by atoms with Crippen LogP contribution in [0.4, 0.5) is 8.78 Å². The first-order valence-electron chi connectivity index (χ1n) is 6.20. The summed E-state index contributed by atoms with van der Waals surface area (Å²) in [5.74, 6) is -1.62. The lowest BCUT2D eigenvalue weighted by Crippen LogP contribution is -2.24. The summed E-state index contributed by atoms with van der Waals surface area (Å²) in [6.45, 7) is 3.74. The van der Waals surface area contributed by atoms with Gasteiger partial charge in [0.15, 0.2) is 11.6 Å². The molecule has 1 N–H and O–H groups in total. The fourth-order valence-corrected chi connectivity index (χ4v) is 2.04. The summed E-state index contributed by atoms with van der Waals surface area (Å²) in [6, 6.07) is 9.50. The first-order chi connectivity index (χ1) is 9.09. The van der Waals surface area contributed by atoms with Gasteiger partial charge in [-0.2, -0.15) is 0 Å². The SMILES string of the molecule is CC(N[C@H](C)c1ccccn1)c1cccc(F)c1F. The Morgan fingerprint density at radius 2 is 1.79 bits per heavy atom. The van der Waals surface area contributed by atoms with E-state index >= 15 is 0 Å². The van der Waals surface area contributed by atoms with Crippen molar-refractivity contribution < 1.29 is 8.78 Å². The summed E-state index contributed by atoms with van der Waals surface area (Å²) >= 11 is 0. The molecule has 2 aromatic rings. The lowest BCUT2D eigenvalue weighted by molar-refractivity contribution is 0.445. The number of nitrogens with one attached hydrogen (secondary N) is 1. The Morgan fingerprint density at radius 1 is 1.00 bits per heavy atom. The van der Waals surface area contributed by atoms with Crippen LogP contribution < -0.4 is 5.32 Å². The smallest absolute Gasteiger partial charge is 0.163 e. The van der Waals surface area contributed by atoms with Crippen molar-refractivity contribution in [3.05, 3.63) is 65.5 Å². The molecule has 0 radical (unpaired) electrons. The molecule has 0 spiro atoms. The van der Waals surface area contributed by atoms with Crippen LogP contribution in [0.15, 0.2) is 42.6 Å². The summed E-state index contributed by atoms with van der Waals surface area (Å²) < 4.78 is 26.9. The van der Waals surface area contributed by atoms with E-state index in [1.165, 1.54) is 6.07 Å². The maximum atomic E-state index is 13.7. The molecule has 1 aromatic heterocycles. The van der Waals surface area contributed by atoms with E-state index in [1.807, 2.05) is 25.1 Å². The Hall–Kier alpha value is -1.81. The number of rotatable bonds is 4. The molecule has 2 nitrogen and oxygen atoms in total. The molecule has 2 rings (SSSR count). The Kier molecular flexibility index (Phi) is 4.22. The molecular weight excluding hydrogens is 246 g/mol. The van der Waals surface area contributed by atoms with Gasteiger partial charge in [0.2, 0.25) is 0 Å². The average Bonchev–Trinajstić information content (AvgIpc) is 2.42. The molecule has 1 heterocycles. The van der Waals surface area contributed by atoms with E-state index in [0.29, 0.717) is 5.56 Å². The molecule has 0 saturated carbocycles. The first-order valence-corrected chi connectivity index (χ1v) is 6.20. The number of pyridine rings is 1. The second-order valence-electron chi connectivity index (χ2n) is 4.51. The molecule has 1 aromatic carbocycles. The van der Waals surface area contributed by atoms with Crippen LogP contribution >= 0.6 is 0 Å². The highest BCUT2D eigenvalue weighted by atomic mass is 19.2. The van der Waals surface area contributed by atoms with Crippen molar-refractivity contribution in [1.29, 1.82) is 0 Å². The van der Waals surface area contributed by atoms with Crippen molar-refractivity contribution in [3.8, 4) is 0 Å². The standard InChI is InChI=1S/C15H16F2N2/c1-10(12-6-5-7-13(16)15(12)17)19-11(2)14-8-3-4-9-18-14/h3-11,19H,1-2H3/t10?,11-/m1/s1. The predicted molar refractivity (Wildman–Crippen MR) is 70.6 cm³/mol. The molecule has 0 aliphatic carbocycles. The predicted octanol–water partition coefficient (Wildman–Crippen LogP) is 3.77. The quantitative estimate of drug-likeness (QED) is 0.907. The van der Waals surface area contributed by atoms with Crippen LogP contribution in [0.1, 0.15) is 37.2 Å². The lowest BCUT2D eigenvalue weighted by atomic mass is 10.1. The molecule has 100 valence electrons. The summed E-state index contributed by atoms with van der Waals surface area (Å²) in [5, 5.41) is 3.21. The number of nitrogens with zero attached hydrogens (tertiary/aromatic N) is 1. The zero-order chi connectivity index (χ0) is 13.8. The molecule has 0 fully saturated rings. The summed E-state index contributed by atoms with van der Waals surface area (Å²) in [6.07, 6.45) is 1.71. The van der Waals surface area contributed by atoms with E-state index in [-0.39, 0.29) is 12.1 Å². The van der Waals surface area contributed by atoms with Gasteiger partial charge in [0, 0.05) is 23.8 Å². The fraction of sp³-hybridized carbons (Fsp3) is 0.267. The van der Waals surface area contributed by atoms with Crippen molar-refractivity contribution in [2.24, 2.45) is 0 Å². The minimum Gasteiger partial charge on any atom is -0.302 e. The van der Waals surface area contributed by atoms with E-state index in [4.69, 9.17) is 0 Å². The van der Waals surface area contributed by atoms with Gasteiger partial charge in [-0.05, 0) is 32.0 Å². The highest BCUT2D eigenvalue weighted by Gasteiger charge is 2.16. The van der Waals surface area contributed by atoms with Gasteiger partial charge in [0.25, 0.3) is 0 Å². The molecule has 4 heteroatoms. The van der Waals surface area contributed by atoms with E-state index in [0.717, 1.165) is 11.8 Å². The average molecular weight is 262 g/mol. The van der Waals surface area contributed by atoms with Gasteiger partial charge >= 0.3 is 0 Å². The third-order valence-corrected chi connectivity index (χ3v) is 3.08. The third kappa shape index (κ3) is 3.15. The van der Waals surface area contributed by atoms with Gasteiger partial charge in [0.05, 0.1) is 5.69 Å². The maximum Gasteiger partial charge on any atom is 0.163 e. The number of benzene rings is 1. The van der Waals surface area contributed by atoms with E-state index in [9.17, 15) is 8.78 Å². The third-order valence-electron chi connectivity index (χ3n) is 3.08. The molecule has 1 unspecified atom stereocenters. The molecule has 0 saturated heterocycles. The van der Waals surface area contributed by atoms with E-state index in [2.05, 4.69) is 10.3 Å². The minimum atomic E-state index is -0.823. The highest BCUT2D eigenvalue weighted by molar-refractivity contribution is 5.22. The van der Waals surface area contributed by atoms with Crippen LogP contribution in [0, 0.1) is 11.6 Å². The Balaban J connectivity index is 2.13. The van der Waals surface area contributed by atoms with Crippen LogP contribution in [-0.4, -0.2) is 4.98 Å². The van der Waals surface area contributed by atoms with Crippen molar-refractivity contribution in [3.63, 3.8) is 0 Å². The molecule has 2 atom stereocenters. The van der Waals surface area contributed by atoms with Gasteiger partial charge in [-0.15, -0.1) is 0 Å². The molecule has 0 aliphatic rings. The molecule has 0 bridgehead atoms. The number of halogens is 2. The Labute approximate surface area is 111 Å². The van der Waals surface area contributed by atoms with Crippen LogP contribution in [0.2, 0.25) is 0 Å². The maximum absolute atomic E-state index is 13.7. The number of hydrogen-bond acceptors (Lipinski definition) is 2. The van der Waals surface area contributed by atoms with Crippen LogP contribution in [-0.2, 0) is 0 Å². The Morgan fingerprint density at radius 3 is 2.47 bits per heavy atom. The minimum absolute atomic E-state index is 0.0427. The summed E-state index contributed by atoms with van der Waals surface area (Å²) in [4.78, 5) is 4.24. The van der Waals surface area contributed by atoms with Crippen LogP contribution in [0.25, 0.3) is 0 Å². The normalized spacial score (nSPS) is 14.1. The van der Waals surface area contributed by atoms with Gasteiger partial charge in [-0.1, -0.05) is 18.2 Å². The van der Waals surface area contributed by atoms with E-state index < -0.39 is 11.6 Å². The van der Waals surface area contributed by atoms with Crippen molar-refractivity contribution in [1.82, 2.24) is 10.3 Å². The van der Waals surface area contributed by atoms with Gasteiger partial charge in [0.1, 0.15) is 0 Å². The Bertz CT molecular complexity index is 543. The molecule has 0 aliphatic heterocycles. The van der Waals surface area contributed by atoms with Crippen molar-refractivity contribution >= 4 is 0 Å². The zero-order valence-electron chi connectivity index (χ0n) is 10.9. The molecular formula is C15H16F2N2. The summed E-state index contributed by atoms with van der Waals surface area (Å²) in [5.41, 5.74) is 1.19. The molecule has 19 heavy (non-hydrogen) atoms. The van der Waals surface area contributed by atoms with Crippen LogP contribution in [0.3, 0.4) is 0 Å². The number of hydrogen-bond donors (Lipinski definition) is 1. The fourth-order valence-electron chi connectivity index (χ4n) is 2.04. The van der Waals surface area contributed by atoms with E-state index in [1.54, 1.807) is 19.2 Å². The van der Waals surface area contributed by atoms with Gasteiger partial charge in [-0.25, -0.2) is 8.78 Å². The molecule has 0 amide bonds. The second kappa shape index (κ2) is 5.89. The van der Waals surface area contributed by atoms with Gasteiger partial charge < -0.3 is 5.32 Å². The highest BCUT2D eigenvalue weighted by Crippen LogP contribution is 2.22. The number of aromatic nitrogens is 1. The second-order valence-corrected chi connectivity index (χ2v) is 4.51. The topological polar surface area (TPSA) is 24.9 Å². The summed E-state index contributed by atoms with van der Waals surface area (Å²) in [7, 11) is 0. The lowest BCUT2D eigenvalue weighted by Gasteiger charge is -2.20. The van der Waals surface area contributed by atoms with Crippen molar-refractivity contribution in [2.75, 3.05) is 0 Å².